The molecule has 0 fully saturated rings. The van der Waals surface area contributed by atoms with Crippen LogP contribution in [0.5, 0.6) is 0 Å². The molecule has 0 amide bonds. The second kappa shape index (κ2) is 8.16. The van der Waals surface area contributed by atoms with E-state index in [1.807, 2.05) is 0 Å². The third kappa shape index (κ3) is 4.97. The molecule has 1 heterocycles. The molecule has 1 aromatic heterocycles. The molecule has 121 valence electrons. The van der Waals surface area contributed by atoms with Gasteiger partial charge >= 0.3 is 0 Å². The summed E-state index contributed by atoms with van der Waals surface area (Å²) in [5, 5.41) is 13.7. The van der Waals surface area contributed by atoms with Crippen LogP contribution in [0, 0.1) is 16.2 Å². The lowest BCUT2D eigenvalue weighted by Crippen LogP contribution is -2.24. The molecule has 8 heteroatoms. The maximum absolute atomic E-state index is 10.6. The molecule has 0 saturated heterocycles. The number of nitro benzene ring substituents is 1. The smallest absolute Gasteiger partial charge is 0.269 e. The van der Waals surface area contributed by atoms with E-state index in [-0.39, 0.29) is 12.0 Å². The van der Waals surface area contributed by atoms with Gasteiger partial charge in [0, 0.05) is 45.0 Å². The lowest BCUT2D eigenvalue weighted by molar-refractivity contribution is -0.384. The summed E-state index contributed by atoms with van der Waals surface area (Å²) < 4.78 is 10.2. The molecule has 8 nitrogen and oxygen atoms in total. The highest BCUT2D eigenvalue weighted by atomic mass is 16.7. The summed E-state index contributed by atoms with van der Waals surface area (Å²) in [5.74, 6) is 1.13. The molecule has 23 heavy (non-hydrogen) atoms. The van der Waals surface area contributed by atoms with Crippen molar-refractivity contribution in [1.29, 1.82) is 0 Å². The van der Waals surface area contributed by atoms with Gasteiger partial charge in [0.05, 0.1) is 11.5 Å². The number of methoxy groups -OCH3 is 2. The number of ether oxygens (including phenoxy) is 2. The molecule has 0 aliphatic carbocycles. The Balaban J connectivity index is 2.00. The Morgan fingerprint density at radius 1 is 1.30 bits per heavy atom. The maximum Gasteiger partial charge on any atom is 0.269 e. The van der Waals surface area contributed by atoms with Crippen LogP contribution in [0.3, 0.4) is 0 Å². The first-order valence-electron chi connectivity index (χ1n) is 6.88. The highest BCUT2D eigenvalue weighted by Gasteiger charge is 2.08. The predicted molar refractivity (Wildman–Crippen MR) is 83.1 cm³/mol. The van der Waals surface area contributed by atoms with Crippen molar-refractivity contribution in [2.45, 2.75) is 12.7 Å². The third-order valence-corrected chi connectivity index (χ3v) is 3.13. The molecule has 0 bridgehead atoms. The zero-order chi connectivity index (χ0) is 16.7. The molecular weight excluding hydrogens is 300 g/mol. The first-order valence-corrected chi connectivity index (χ1v) is 6.88. The fraction of sp³-hybridized carbons (Fsp3) is 0.333. The molecule has 0 atom stereocenters. The zero-order valence-corrected chi connectivity index (χ0v) is 12.9. The summed E-state index contributed by atoms with van der Waals surface area (Å²) in [6, 6.07) is 9.20. The minimum atomic E-state index is -0.429. The standard InChI is InChI=1S/C15H17N4O4/c1-22-15(23-2)10-17-13-7-8-16-14(18-13)9-11-3-5-12(6-4-11)19(20)21/h3-6,8,15H,9-10H2,1-2H3,(H,16,17,18). The Bertz CT molecular complexity index is 644. The Morgan fingerprint density at radius 2 is 2.00 bits per heavy atom. The van der Waals surface area contributed by atoms with Crippen LogP contribution in [-0.2, 0) is 15.9 Å². The van der Waals surface area contributed by atoms with Gasteiger partial charge in [0.15, 0.2) is 6.29 Å². The van der Waals surface area contributed by atoms with Crippen molar-refractivity contribution in [3.05, 3.63) is 58.0 Å². The van der Waals surface area contributed by atoms with Crippen LogP contribution in [0.15, 0.2) is 30.5 Å². The van der Waals surface area contributed by atoms with E-state index in [4.69, 9.17) is 9.47 Å². The Labute approximate surface area is 133 Å². The SMILES string of the molecule is COC(CNc1[c]cnc(Cc2ccc([N+](=O)[O-])cc2)n1)OC. The van der Waals surface area contributed by atoms with Crippen LogP contribution >= 0.6 is 0 Å². The fourth-order valence-electron chi connectivity index (χ4n) is 1.89. The van der Waals surface area contributed by atoms with Gasteiger partial charge < -0.3 is 14.8 Å². The van der Waals surface area contributed by atoms with Crippen molar-refractivity contribution in [3.63, 3.8) is 0 Å². The van der Waals surface area contributed by atoms with Crippen LogP contribution < -0.4 is 5.32 Å². The third-order valence-electron chi connectivity index (χ3n) is 3.13. The zero-order valence-electron chi connectivity index (χ0n) is 12.9. The number of nitrogens with one attached hydrogen (secondary N) is 1. The Kier molecular flexibility index (Phi) is 5.95. The van der Waals surface area contributed by atoms with E-state index in [1.165, 1.54) is 18.3 Å². The highest BCUT2D eigenvalue weighted by molar-refractivity contribution is 5.35. The molecule has 2 aromatic rings. The van der Waals surface area contributed by atoms with Crippen molar-refractivity contribution in [1.82, 2.24) is 9.97 Å². The van der Waals surface area contributed by atoms with E-state index in [9.17, 15) is 10.1 Å². The Hall–Kier alpha value is -2.58. The molecule has 1 N–H and O–H groups in total. The summed E-state index contributed by atoms with van der Waals surface area (Å²) in [7, 11) is 3.11. The van der Waals surface area contributed by atoms with Crippen molar-refractivity contribution in [2.75, 3.05) is 26.1 Å². The van der Waals surface area contributed by atoms with Crippen molar-refractivity contribution in [3.8, 4) is 0 Å². The van der Waals surface area contributed by atoms with Gasteiger partial charge in [0.1, 0.15) is 11.6 Å². The van der Waals surface area contributed by atoms with Crippen molar-refractivity contribution in [2.24, 2.45) is 0 Å². The number of nitrogens with zero attached hydrogens (tertiary/aromatic N) is 3. The monoisotopic (exact) mass is 317 g/mol. The van der Waals surface area contributed by atoms with Crippen LogP contribution in [0.4, 0.5) is 11.5 Å². The summed E-state index contributed by atoms with van der Waals surface area (Å²) >= 11 is 0. The van der Waals surface area contributed by atoms with E-state index in [0.717, 1.165) is 5.56 Å². The molecule has 0 spiro atoms. The number of hydrogen-bond acceptors (Lipinski definition) is 7. The number of rotatable bonds is 8. The molecular formula is C15H17N4O4. The number of hydrogen-bond donors (Lipinski definition) is 1. The number of nitro groups is 1. The van der Waals surface area contributed by atoms with Gasteiger partial charge in [-0.15, -0.1) is 0 Å². The van der Waals surface area contributed by atoms with E-state index >= 15 is 0 Å². The first-order chi connectivity index (χ1) is 11.1. The topological polar surface area (TPSA) is 99.4 Å². The molecule has 0 aliphatic heterocycles. The van der Waals surface area contributed by atoms with E-state index in [1.54, 1.807) is 26.4 Å². The summed E-state index contributed by atoms with van der Waals surface area (Å²) in [6.07, 6.45) is 1.63. The summed E-state index contributed by atoms with van der Waals surface area (Å²) in [4.78, 5) is 18.7. The average Bonchev–Trinajstić information content (AvgIpc) is 2.56. The van der Waals surface area contributed by atoms with Gasteiger partial charge in [-0.25, -0.2) is 9.97 Å². The molecule has 0 saturated carbocycles. The minimum Gasteiger partial charge on any atom is -0.364 e. The Morgan fingerprint density at radius 3 is 2.61 bits per heavy atom. The quantitative estimate of drug-likeness (QED) is 0.450. The average molecular weight is 317 g/mol. The van der Waals surface area contributed by atoms with Gasteiger partial charge in [-0.1, -0.05) is 12.1 Å². The first kappa shape index (κ1) is 16.8. The predicted octanol–water partition coefficient (Wildman–Crippen LogP) is 1.81. The molecule has 1 aromatic carbocycles. The normalized spacial score (nSPS) is 10.7. The minimum absolute atomic E-state index is 0.0589. The highest BCUT2D eigenvalue weighted by Crippen LogP contribution is 2.14. The maximum atomic E-state index is 10.6. The van der Waals surface area contributed by atoms with E-state index < -0.39 is 4.92 Å². The number of aromatic nitrogens is 2. The van der Waals surface area contributed by atoms with Crippen molar-refractivity contribution < 1.29 is 14.4 Å². The van der Waals surface area contributed by atoms with Gasteiger partial charge in [0.25, 0.3) is 5.69 Å². The van der Waals surface area contributed by atoms with Gasteiger partial charge in [0.2, 0.25) is 0 Å². The number of benzene rings is 1. The lowest BCUT2D eigenvalue weighted by Gasteiger charge is -2.14. The molecule has 0 aliphatic rings. The molecule has 0 unspecified atom stereocenters. The van der Waals surface area contributed by atoms with Crippen molar-refractivity contribution >= 4 is 11.5 Å². The summed E-state index contributed by atoms with van der Waals surface area (Å²) in [5.41, 5.74) is 0.947. The van der Waals surface area contributed by atoms with Gasteiger partial charge in [-0.2, -0.15) is 0 Å². The largest absolute Gasteiger partial charge is 0.364 e. The lowest BCUT2D eigenvalue weighted by atomic mass is 10.1. The van der Waals surface area contributed by atoms with E-state index in [2.05, 4.69) is 21.4 Å². The number of non-ortho nitro benzene ring substituents is 1. The van der Waals surface area contributed by atoms with Gasteiger partial charge in [-0.3, -0.25) is 10.1 Å². The van der Waals surface area contributed by atoms with Crippen LogP contribution in [-0.4, -0.2) is 41.9 Å². The van der Waals surface area contributed by atoms with Crippen LogP contribution in [0.1, 0.15) is 11.4 Å². The fourth-order valence-corrected chi connectivity index (χ4v) is 1.89. The van der Waals surface area contributed by atoms with Crippen LogP contribution in [0.25, 0.3) is 0 Å². The van der Waals surface area contributed by atoms with Gasteiger partial charge in [-0.05, 0) is 5.56 Å². The number of anilines is 1. The molecule has 2 rings (SSSR count). The van der Waals surface area contributed by atoms with E-state index in [0.29, 0.717) is 24.6 Å². The molecule has 1 radical (unpaired) electrons. The summed E-state index contributed by atoms with van der Waals surface area (Å²) in [6.45, 7) is 0.428. The second-order valence-electron chi connectivity index (χ2n) is 4.66. The second-order valence-corrected chi connectivity index (χ2v) is 4.66. The van der Waals surface area contributed by atoms with Crippen LogP contribution in [0.2, 0.25) is 0 Å².